The van der Waals surface area contributed by atoms with Crippen molar-refractivity contribution < 1.29 is 23.9 Å². The summed E-state index contributed by atoms with van der Waals surface area (Å²) in [6, 6.07) is 3.11. The summed E-state index contributed by atoms with van der Waals surface area (Å²) in [4.78, 5) is -0.00407. The quantitative estimate of drug-likeness (QED) is 0.702. The zero-order valence-electron chi connectivity index (χ0n) is 8.83. The van der Waals surface area contributed by atoms with Gasteiger partial charge in [0.15, 0.2) is 0 Å². The van der Waals surface area contributed by atoms with Gasteiger partial charge in [-0.05, 0) is 43.5 Å². The highest BCUT2D eigenvalue weighted by Crippen LogP contribution is 2.20. The average molecular weight is 236 g/mol. The van der Waals surface area contributed by atoms with Crippen molar-refractivity contribution in [2.45, 2.75) is 25.7 Å². The molecule has 5 nitrogen and oxygen atoms in total. The van der Waals surface area contributed by atoms with Crippen LogP contribution >= 0.6 is 0 Å². The summed E-state index contributed by atoms with van der Waals surface area (Å²) in [6.07, 6.45) is 0. The fourth-order valence-corrected chi connectivity index (χ4v) is 1.99. The Hall–Kier alpha value is -0.950. The molecule has 5 N–H and O–H groups in total. The summed E-state index contributed by atoms with van der Waals surface area (Å²) in [5, 5.41) is 0. The Morgan fingerprint density at radius 1 is 1.00 bits per heavy atom. The third-order valence-corrected chi connectivity index (χ3v) is 3.28. The molecule has 0 saturated heterocycles. The van der Waals surface area contributed by atoms with Crippen LogP contribution in [0, 0.1) is 20.8 Å². The summed E-state index contributed by atoms with van der Waals surface area (Å²) in [6.45, 7) is 5.42. The Morgan fingerprint density at radius 3 is 1.87 bits per heavy atom. The molecule has 1 aromatic carbocycles. The van der Waals surface area contributed by atoms with Gasteiger partial charge in [0.25, 0.3) is 10.1 Å². The van der Waals surface area contributed by atoms with Crippen LogP contribution in [0.25, 0.3) is 0 Å². The lowest BCUT2D eigenvalue weighted by Gasteiger charge is -2.07. The van der Waals surface area contributed by atoms with Crippen molar-refractivity contribution in [1.29, 1.82) is 0 Å². The molecule has 0 aliphatic rings. The second kappa shape index (κ2) is 5.22. The van der Waals surface area contributed by atoms with Crippen molar-refractivity contribution in [3.8, 4) is 0 Å². The van der Waals surface area contributed by atoms with Crippen molar-refractivity contribution in [2.24, 2.45) is 0 Å². The maximum atomic E-state index is 10.9. The predicted octanol–water partition coefficient (Wildman–Crippen LogP) is 0.209. The molecule has 0 amide bonds. The molecule has 0 radical (unpaired) electrons. The molecule has 1 aromatic rings. The first-order valence-corrected chi connectivity index (χ1v) is 5.32. The van der Waals surface area contributed by atoms with Crippen LogP contribution in [0.15, 0.2) is 17.0 Å². The van der Waals surface area contributed by atoms with E-state index in [-0.39, 0.29) is 15.8 Å². The van der Waals surface area contributed by atoms with Crippen LogP contribution in [0.2, 0.25) is 0 Å². The van der Waals surface area contributed by atoms with Gasteiger partial charge in [-0.1, -0.05) is 6.07 Å². The van der Waals surface area contributed by atoms with Crippen LogP contribution in [0.4, 0.5) is 0 Å². The van der Waals surface area contributed by atoms with E-state index in [0.29, 0.717) is 5.56 Å². The molecule has 0 aliphatic heterocycles. The van der Waals surface area contributed by atoms with E-state index >= 15 is 0 Å². The molecule has 0 fully saturated rings. The summed E-state index contributed by atoms with van der Waals surface area (Å²) in [7, 11) is -4.07. The van der Waals surface area contributed by atoms with Gasteiger partial charge in [-0.2, -0.15) is 8.42 Å². The van der Waals surface area contributed by atoms with E-state index in [1.807, 2.05) is 13.8 Å². The maximum Gasteiger partial charge on any atom is 0.294 e. The van der Waals surface area contributed by atoms with E-state index in [9.17, 15) is 8.42 Å². The maximum absolute atomic E-state index is 10.9. The van der Waals surface area contributed by atoms with E-state index in [1.54, 1.807) is 13.0 Å². The lowest BCUT2D eigenvalue weighted by atomic mass is 10.1. The summed E-state index contributed by atoms with van der Waals surface area (Å²) in [5.41, 5.74) is 2.53. The first-order chi connectivity index (χ1) is 5.84. The number of rotatable bonds is 1. The third-order valence-electron chi connectivity index (χ3n) is 2.29. The van der Waals surface area contributed by atoms with Gasteiger partial charge in [0.2, 0.25) is 0 Å². The molecular formula is C9H16O5S. The number of hydrogen-bond donors (Lipinski definition) is 1. The van der Waals surface area contributed by atoms with Crippen LogP contribution < -0.4 is 0 Å². The molecule has 88 valence electrons. The van der Waals surface area contributed by atoms with Crippen molar-refractivity contribution in [1.82, 2.24) is 0 Å². The van der Waals surface area contributed by atoms with Gasteiger partial charge in [-0.15, -0.1) is 0 Å². The molecule has 15 heavy (non-hydrogen) atoms. The third kappa shape index (κ3) is 3.28. The molecule has 0 unspecified atom stereocenters. The van der Waals surface area contributed by atoms with Gasteiger partial charge in [0.05, 0.1) is 4.90 Å². The van der Waals surface area contributed by atoms with Crippen LogP contribution in [0.3, 0.4) is 0 Å². The van der Waals surface area contributed by atoms with Crippen LogP contribution in [0.1, 0.15) is 16.7 Å². The van der Waals surface area contributed by atoms with Gasteiger partial charge in [0, 0.05) is 0 Å². The minimum absolute atomic E-state index is 0. The zero-order valence-corrected chi connectivity index (χ0v) is 9.64. The number of aryl methyl sites for hydroxylation is 1. The summed E-state index contributed by atoms with van der Waals surface area (Å²) >= 11 is 0. The Kier molecular flexibility index (Phi) is 5.74. The Balaban J connectivity index is 0. The summed E-state index contributed by atoms with van der Waals surface area (Å²) in [5.74, 6) is 0. The van der Waals surface area contributed by atoms with Crippen LogP contribution in [-0.2, 0) is 10.1 Å². The highest BCUT2D eigenvalue weighted by Gasteiger charge is 2.14. The van der Waals surface area contributed by atoms with Crippen molar-refractivity contribution in [2.75, 3.05) is 0 Å². The second-order valence-corrected chi connectivity index (χ2v) is 4.50. The standard InChI is InChI=1S/C9H12O3S.2H2O/c1-6-4-5-9(13(10,11)12)8(3)7(6)2;;/h4-5H,1-3H3,(H,10,11,12);2*1H2. The fourth-order valence-electron chi connectivity index (χ4n) is 1.21. The molecule has 0 aliphatic carbocycles. The highest BCUT2D eigenvalue weighted by atomic mass is 32.2. The van der Waals surface area contributed by atoms with Gasteiger partial charge >= 0.3 is 0 Å². The average Bonchev–Trinajstić information content (AvgIpc) is 1.98. The largest absolute Gasteiger partial charge is 0.412 e. The Morgan fingerprint density at radius 2 is 1.47 bits per heavy atom. The molecule has 0 aromatic heterocycles. The van der Waals surface area contributed by atoms with Gasteiger partial charge in [-0.25, -0.2) is 0 Å². The first kappa shape index (κ1) is 16.5. The van der Waals surface area contributed by atoms with Crippen molar-refractivity contribution >= 4 is 10.1 Å². The van der Waals surface area contributed by atoms with E-state index in [2.05, 4.69) is 0 Å². The summed E-state index contributed by atoms with van der Waals surface area (Å²) < 4.78 is 30.6. The van der Waals surface area contributed by atoms with Crippen molar-refractivity contribution in [3.63, 3.8) is 0 Å². The van der Waals surface area contributed by atoms with E-state index in [1.165, 1.54) is 6.07 Å². The minimum atomic E-state index is -4.07. The first-order valence-electron chi connectivity index (χ1n) is 3.88. The molecule has 0 saturated carbocycles. The van der Waals surface area contributed by atoms with E-state index in [4.69, 9.17) is 4.55 Å². The highest BCUT2D eigenvalue weighted by molar-refractivity contribution is 7.85. The van der Waals surface area contributed by atoms with Gasteiger partial charge in [0.1, 0.15) is 0 Å². The molecular weight excluding hydrogens is 220 g/mol. The van der Waals surface area contributed by atoms with Crippen LogP contribution in [0.5, 0.6) is 0 Å². The normalized spacial score (nSPS) is 10.1. The molecule has 0 bridgehead atoms. The zero-order chi connectivity index (χ0) is 10.2. The predicted molar refractivity (Wildman–Crippen MR) is 57.7 cm³/mol. The molecule has 1 rings (SSSR count). The van der Waals surface area contributed by atoms with Gasteiger partial charge < -0.3 is 11.0 Å². The van der Waals surface area contributed by atoms with E-state index in [0.717, 1.165) is 11.1 Å². The van der Waals surface area contributed by atoms with E-state index < -0.39 is 10.1 Å². The van der Waals surface area contributed by atoms with Crippen LogP contribution in [-0.4, -0.2) is 23.9 Å². The second-order valence-electron chi connectivity index (χ2n) is 3.11. The lowest BCUT2D eigenvalue weighted by molar-refractivity contribution is 0.482. The van der Waals surface area contributed by atoms with Crippen molar-refractivity contribution in [3.05, 3.63) is 28.8 Å². The molecule has 0 heterocycles. The fraction of sp³-hybridized carbons (Fsp3) is 0.333. The lowest BCUT2D eigenvalue weighted by Crippen LogP contribution is -2.02. The monoisotopic (exact) mass is 236 g/mol. The Bertz CT molecular complexity index is 436. The molecule has 0 spiro atoms. The molecule has 0 atom stereocenters. The minimum Gasteiger partial charge on any atom is -0.412 e. The topological polar surface area (TPSA) is 117 Å². The Labute approximate surface area is 89.1 Å². The number of benzene rings is 1. The molecule has 6 heteroatoms. The SMILES string of the molecule is Cc1ccc(S(=O)(=O)O)c(C)c1C.O.O. The van der Waals surface area contributed by atoms with Gasteiger partial charge in [-0.3, -0.25) is 4.55 Å². The smallest absolute Gasteiger partial charge is 0.294 e. The number of hydrogen-bond acceptors (Lipinski definition) is 2.